The van der Waals surface area contributed by atoms with E-state index in [1.807, 2.05) is 18.9 Å². The first-order valence-corrected chi connectivity index (χ1v) is 4.44. The number of rotatable bonds is 4. The molecule has 4 unspecified atom stereocenters. The fourth-order valence-corrected chi connectivity index (χ4v) is 1.02. The minimum absolute atomic E-state index is 0.0692. The van der Waals surface area contributed by atoms with E-state index in [0.29, 0.717) is 0 Å². The van der Waals surface area contributed by atoms with Gasteiger partial charge >= 0.3 is 11.9 Å². The lowest BCUT2D eigenvalue weighted by Crippen LogP contribution is -2.33. The molecule has 8 heteroatoms. The van der Waals surface area contributed by atoms with Gasteiger partial charge in [0, 0.05) is 0 Å². The molecule has 0 saturated carbocycles. The normalized spacial score (nSPS) is 11.9. The number of carbonyl (C=O) groups is 2. The van der Waals surface area contributed by atoms with Crippen LogP contribution in [0.3, 0.4) is 0 Å². The number of carbonyl (C=O) groups excluding carboxylic acids is 2. The Morgan fingerprint density at radius 2 is 1.92 bits per heavy atom. The number of hydrogen-bond donors (Lipinski definition) is 1. The van der Waals surface area contributed by atoms with Gasteiger partial charge in [0.2, 0.25) is 0 Å². The molecule has 0 aliphatic heterocycles. The Morgan fingerprint density at radius 3 is 2.25 bits per heavy atom. The predicted molar refractivity (Wildman–Crippen MR) is 52.9 cm³/mol. The molecule has 0 rings (SSSR count). The minimum Gasteiger partial charge on any atom is -0.451 e. The van der Waals surface area contributed by atoms with Crippen LogP contribution < -0.4 is 5.09 Å². The average molecular weight is 229 g/mol. The highest BCUT2D eigenvalue weighted by Gasteiger charge is 2.20. The molecule has 5 nitrogen and oxygen atoms in total. The molecule has 12 heavy (non-hydrogen) atoms. The van der Waals surface area contributed by atoms with Gasteiger partial charge in [0.15, 0.2) is 0 Å². The van der Waals surface area contributed by atoms with Gasteiger partial charge in [-0.2, -0.15) is 0 Å². The van der Waals surface area contributed by atoms with Gasteiger partial charge in [-0.05, 0) is 0 Å². The summed E-state index contributed by atoms with van der Waals surface area (Å²) in [4.78, 5) is 21.6. The van der Waals surface area contributed by atoms with E-state index in [2.05, 4.69) is 23.5 Å². The molecule has 0 heterocycles. The van der Waals surface area contributed by atoms with E-state index in [-0.39, 0.29) is 6.42 Å². The van der Waals surface area contributed by atoms with Crippen LogP contribution >= 0.6 is 28.3 Å². The molecule has 4 atom stereocenters. The number of hydrogen-bond acceptors (Lipinski definition) is 5. The fraction of sp³-hybridized carbons (Fsp3) is 0.500. The van der Waals surface area contributed by atoms with Gasteiger partial charge < -0.3 is 9.05 Å². The molecule has 0 aliphatic carbocycles. The van der Waals surface area contributed by atoms with Crippen molar-refractivity contribution in [2.75, 3.05) is 0 Å². The second-order valence-corrected chi connectivity index (χ2v) is 2.65. The summed E-state index contributed by atoms with van der Waals surface area (Å²) in [5.41, 5.74) is 0. The Morgan fingerprint density at radius 1 is 1.33 bits per heavy atom. The maximum Gasteiger partial charge on any atom is 0.326 e. The first-order chi connectivity index (χ1) is 5.65. The molecule has 0 fully saturated rings. The van der Waals surface area contributed by atoms with E-state index in [1.54, 1.807) is 0 Å². The van der Waals surface area contributed by atoms with E-state index in [0.717, 1.165) is 0 Å². The number of nitrogens with one attached hydrogen (secondary N) is 1. The van der Waals surface area contributed by atoms with Gasteiger partial charge in [-0.1, -0.05) is 9.39 Å². The Kier molecular flexibility index (Phi) is 6.78. The van der Waals surface area contributed by atoms with Crippen LogP contribution in [0.25, 0.3) is 0 Å². The zero-order chi connectivity index (χ0) is 9.56. The molecular weight excluding hydrogens is 219 g/mol. The molecule has 0 aliphatic rings. The van der Waals surface area contributed by atoms with E-state index in [9.17, 15) is 9.59 Å². The summed E-state index contributed by atoms with van der Waals surface area (Å²) in [6, 6.07) is -0.694. The predicted octanol–water partition coefficient (Wildman–Crippen LogP) is -0.209. The molecule has 0 amide bonds. The molecule has 1 N–H and O–H groups in total. The highest BCUT2D eigenvalue weighted by Crippen LogP contribution is 2.04. The minimum atomic E-state index is -0.694. The van der Waals surface area contributed by atoms with Crippen LogP contribution in [0.5, 0.6) is 0 Å². The lowest BCUT2D eigenvalue weighted by molar-refractivity contribution is -0.141. The van der Waals surface area contributed by atoms with Crippen molar-refractivity contribution < 1.29 is 18.6 Å². The lowest BCUT2D eigenvalue weighted by Gasteiger charge is -2.10. The monoisotopic (exact) mass is 229 g/mol. The molecule has 0 radical (unpaired) electrons. The molecule has 0 aromatic rings. The van der Waals surface area contributed by atoms with Crippen molar-refractivity contribution >= 4 is 40.3 Å². The van der Waals surface area contributed by atoms with Crippen molar-refractivity contribution in [2.45, 2.75) is 12.5 Å². The van der Waals surface area contributed by atoms with E-state index in [4.69, 9.17) is 0 Å². The Hall–Kier alpha value is 0.190. The average Bonchev–Trinajstić information content (AvgIpc) is 2.12. The van der Waals surface area contributed by atoms with Crippen LogP contribution in [0.4, 0.5) is 0 Å². The van der Waals surface area contributed by atoms with Crippen molar-refractivity contribution in [3.05, 3.63) is 0 Å². The van der Waals surface area contributed by atoms with Crippen molar-refractivity contribution in [3.8, 4) is 0 Å². The summed E-state index contributed by atoms with van der Waals surface area (Å²) in [5, 5.41) is 2.54. The maximum atomic E-state index is 10.9. The first kappa shape index (κ1) is 12.2. The van der Waals surface area contributed by atoms with Crippen molar-refractivity contribution in [1.29, 1.82) is 0 Å². The van der Waals surface area contributed by atoms with Gasteiger partial charge in [-0.15, -0.1) is 0 Å². The van der Waals surface area contributed by atoms with Crippen LogP contribution in [-0.4, -0.2) is 18.0 Å². The lowest BCUT2D eigenvalue weighted by atomic mass is 10.2. The summed E-state index contributed by atoms with van der Waals surface area (Å²) in [6.45, 7) is 0. The summed E-state index contributed by atoms with van der Waals surface area (Å²) in [6.07, 6.45) is -0.0692. The highest BCUT2D eigenvalue weighted by atomic mass is 31.0. The maximum absolute atomic E-state index is 10.9. The smallest absolute Gasteiger partial charge is 0.326 e. The quantitative estimate of drug-likeness (QED) is 0.676. The Labute approximate surface area is 77.2 Å². The van der Waals surface area contributed by atoms with Crippen molar-refractivity contribution in [1.82, 2.24) is 5.09 Å². The third-order valence-corrected chi connectivity index (χ3v) is 2.00. The molecule has 70 valence electrons. The first-order valence-electron chi connectivity index (χ1n) is 2.92. The largest absolute Gasteiger partial charge is 0.451 e. The van der Waals surface area contributed by atoms with E-state index >= 15 is 0 Å². The van der Waals surface area contributed by atoms with Crippen LogP contribution in [0.15, 0.2) is 0 Å². The zero-order valence-electron chi connectivity index (χ0n) is 6.15. The van der Waals surface area contributed by atoms with E-state index in [1.165, 1.54) is 0 Å². The van der Waals surface area contributed by atoms with Gasteiger partial charge in [-0.3, -0.25) is 14.7 Å². The van der Waals surface area contributed by atoms with Crippen molar-refractivity contribution in [2.24, 2.45) is 0 Å². The van der Waals surface area contributed by atoms with E-state index < -0.39 is 18.0 Å². The van der Waals surface area contributed by atoms with Gasteiger partial charge in [0.25, 0.3) is 0 Å². The van der Waals surface area contributed by atoms with Crippen LogP contribution in [0.2, 0.25) is 0 Å². The van der Waals surface area contributed by atoms with Gasteiger partial charge in [0.05, 0.1) is 25.4 Å². The SMILES string of the molecule is O=C(CC(NP)C(=O)OP)OP. The third-order valence-electron chi connectivity index (χ3n) is 1.10. The summed E-state index contributed by atoms with van der Waals surface area (Å²) >= 11 is 0. The Bertz CT molecular complexity index is 176. The Balaban J connectivity index is 3.99. The topological polar surface area (TPSA) is 64.6 Å². The molecule has 0 saturated heterocycles. The summed E-state index contributed by atoms with van der Waals surface area (Å²) in [7, 11) is 5.75. The van der Waals surface area contributed by atoms with Crippen LogP contribution in [-0.2, 0) is 18.6 Å². The van der Waals surface area contributed by atoms with Crippen LogP contribution in [0, 0.1) is 0 Å². The molecule has 0 bridgehead atoms. The summed E-state index contributed by atoms with van der Waals surface area (Å²) < 4.78 is 8.63. The summed E-state index contributed by atoms with van der Waals surface area (Å²) in [5.74, 6) is -1.04. The second kappa shape index (κ2) is 6.68. The molecule has 0 spiro atoms. The van der Waals surface area contributed by atoms with Crippen molar-refractivity contribution in [3.63, 3.8) is 0 Å². The molecule has 0 aromatic heterocycles. The van der Waals surface area contributed by atoms with Gasteiger partial charge in [-0.25, -0.2) is 0 Å². The zero-order valence-corrected chi connectivity index (χ0v) is 9.61. The third kappa shape index (κ3) is 4.27. The van der Waals surface area contributed by atoms with Crippen LogP contribution in [0.1, 0.15) is 6.42 Å². The second-order valence-electron chi connectivity index (χ2n) is 1.85. The highest BCUT2D eigenvalue weighted by molar-refractivity contribution is 7.14. The standard InChI is InChI=1S/C4H10NO4P3/c6-3(8-11)1-2(5-10)4(7)9-12/h2,5H,1,10-12H2. The molecule has 0 aromatic carbocycles. The molecular formula is C4H10NO4P3. The fourth-order valence-electron chi connectivity index (χ4n) is 0.507. The van der Waals surface area contributed by atoms with Gasteiger partial charge in [0.1, 0.15) is 6.04 Å².